The van der Waals surface area contributed by atoms with Crippen molar-refractivity contribution >= 4 is 23.6 Å². The molecule has 2 unspecified atom stereocenters. The zero-order valence-corrected chi connectivity index (χ0v) is 13.9. The zero-order valence-electron chi connectivity index (χ0n) is 13.1. The van der Waals surface area contributed by atoms with Crippen molar-refractivity contribution in [2.45, 2.75) is 57.0 Å². The van der Waals surface area contributed by atoms with E-state index in [9.17, 15) is 9.59 Å². The third-order valence-electron chi connectivity index (χ3n) is 4.35. The molecule has 0 spiro atoms. The largest absolute Gasteiger partial charge is 0.359 e. The van der Waals surface area contributed by atoms with Gasteiger partial charge in [0.25, 0.3) is 0 Å². The van der Waals surface area contributed by atoms with Gasteiger partial charge in [-0.3, -0.25) is 9.59 Å². The number of amides is 2. The second-order valence-corrected chi connectivity index (χ2v) is 7.86. The van der Waals surface area contributed by atoms with Crippen molar-refractivity contribution in [1.82, 2.24) is 15.4 Å². The Bertz CT molecular complexity index is 601. The van der Waals surface area contributed by atoms with Crippen molar-refractivity contribution in [3.8, 4) is 0 Å². The molecule has 1 aromatic rings. The summed E-state index contributed by atoms with van der Waals surface area (Å²) in [7, 11) is 0. The molecule has 2 aliphatic heterocycles. The summed E-state index contributed by atoms with van der Waals surface area (Å²) in [6.07, 6.45) is 1.35. The van der Waals surface area contributed by atoms with Gasteiger partial charge in [-0.05, 0) is 19.3 Å². The molecule has 0 saturated carbocycles. The molecule has 0 aliphatic carbocycles. The third-order valence-corrected chi connectivity index (χ3v) is 5.86. The van der Waals surface area contributed by atoms with Gasteiger partial charge in [-0.2, -0.15) is 0 Å². The maximum absolute atomic E-state index is 12.4. The zero-order chi connectivity index (χ0) is 15.9. The lowest BCUT2D eigenvalue weighted by molar-refractivity contribution is -0.138. The predicted octanol–water partition coefficient (Wildman–Crippen LogP) is 1.87. The Morgan fingerprint density at radius 1 is 1.64 bits per heavy atom. The maximum Gasteiger partial charge on any atom is 0.244 e. The Balaban J connectivity index is 1.61. The normalized spacial score (nSPS) is 27.5. The molecule has 2 fully saturated rings. The quantitative estimate of drug-likeness (QED) is 0.915. The van der Waals surface area contributed by atoms with Crippen LogP contribution in [0.25, 0.3) is 0 Å². The lowest BCUT2D eigenvalue weighted by atomic mass is 10.1. The summed E-state index contributed by atoms with van der Waals surface area (Å²) in [4.78, 5) is 26.0. The van der Waals surface area contributed by atoms with Crippen LogP contribution >= 0.6 is 11.8 Å². The molecule has 1 aromatic heterocycles. The standard InChI is InChI=1S/C15H21N3O3S/c1-9(2)11-6-10(21-17-11)7-16-14(20)12-8-22-15(3)5-4-13(19)18(12)15/h6,9,12H,4-5,7-8H2,1-3H3,(H,16,20). The van der Waals surface area contributed by atoms with Crippen LogP contribution in [0.15, 0.2) is 10.6 Å². The van der Waals surface area contributed by atoms with Gasteiger partial charge < -0.3 is 14.7 Å². The van der Waals surface area contributed by atoms with Crippen LogP contribution in [-0.4, -0.2) is 38.5 Å². The van der Waals surface area contributed by atoms with Crippen LogP contribution in [0.2, 0.25) is 0 Å². The summed E-state index contributed by atoms with van der Waals surface area (Å²) in [6, 6.07) is 1.48. The highest BCUT2D eigenvalue weighted by atomic mass is 32.2. The van der Waals surface area contributed by atoms with Gasteiger partial charge in [-0.15, -0.1) is 11.8 Å². The fourth-order valence-corrected chi connectivity index (χ4v) is 4.42. The highest BCUT2D eigenvalue weighted by molar-refractivity contribution is 8.01. The van der Waals surface area contributed by atoms with Crippen LogP contribution in [0.1, 0.15) is 51.0 Å². The molecule has 2 saturated heterocycles. The van der Waals surface area contributed by atoms with Crippen molar-refractivity contribution < 1.29 is 14.1 Å². The van der Waals surface area contributed by atoms with Crippen molar-refractivity contribution in [3.05, 3.63) is 17.5 Å². The molecule has 7 heteroatoms. The lowest BCUT2D eigenvalue weighted by Crippen LogP contribution is -2.49. The molecule has 3 rings (SSSR count). The van der Waals surface area contributed by atoms with Crippen LogP contribution < -0.4 is 5.32 Å². The summed E-state index contributed by atoms with van der Waals surface area (Å²) in [5.74, 6) is 1.55. The molecule has 6 nitrogen and oxygen atoms in total. The first-order valence-electron chi connectivity index (χ1n) is 7.60. The van der Waals surface area contributed by atoms with E-state index in [0.717, 1.165) is 12.1 Å². The Hall–Kier alpha value is -1.50. The van der Waals surface area contributed by atoms with Gasteiger partial charge in [0.05, 0.1) is 17.1 Å². The second kappa shape index (κ2) is 5.61. The average molecular weight is 323 g/mol. The SMILES string of the molecule is CC(C)c1cc(CNC(=O)C2CSC3(C)CCC(=O)N23)on1. The summed E-state index contributed by atoms with van der Waals surface area (Å²) in [5, 5.41) is 6.84. The molecule has 1 N–H and O–H groups in total. The average Bonchev–Trinajstić information content (AvgIpc) is 3.13. The van der Waals surface area contributed by atoms with Crippen molar-refractivity contribution in [2.75, 3.05) is 5.75 Å². The van der Waals surface area contributed by atoms with Gasteiger partial charge in [0.15, 0.2) is 5.76 Å². The minimum Gasteiger partial charge on any atom is -0.359 e. The number of nitrogens with zero attached hydrogens (tertiary/aromatic N) is 2. The Morgan fingerprint density at radius 3 is 3.09 bits per heavy atom. The van der Waals surface area contributed by atoms with E-state index in [1.807, 2.05) is 26.8 Å². The number of carbonyl (C=O) groups is 2. The molecule has 0 aromatic carbocycles. The number of nitrogens with one attached hydrogen (secondary N) is 1. The van der Waals surface area contributed by atoms with E-state index in [1.54, 1.807) is 16.7 Å². The Labute approximate surface area is 134 Å². The Morgan fingerprint density at radius 2 is 2.41 bits per heavy atom. The minimum absolute atomic E-state index is 0.0782. The first-order chi connectivity index (χ1) is 10.4. The molecular weight excluding hydrogens is 302 g/mol. The van der Waals surface area contributed by atoms with E-state index >= 15 is 0 Å². The second-order valence-electron chi connectivity index (χ2n) is 6.36. The molecule has 22 heavy (non-hydrogen) atoms. The van der Waals surface area contributed by atoms with Crippen molar-refractivity contribution in [3.63, 3.8) is 0 Å². The number of fused-ring (bicyclic) bond motifs is 1. The number of hydrogen-bond acceptors (Lipinski definition) is 5. The first kappa shape index (κ1) is 15.4. The number of rotatable bonds is 4. The highest BCUT2D eigenvalue weighted by Crippen LogP contribution is 2.47. The smallest absolute Gasteiger partial charge is 0.244 e. The molecule has 0 radical (unpaired) electrons. The van der Waals surface area contributed by atoms with Crippen molar-refractivity contribution in [1.29, 1.82) is 0 Å². The van der Waals surface area contributed by atoms with Crippen LogP contribution in [0.3, 0.4) is 0 Å². The minimum atomic E-state index is -0.377. The third kappa shape index (κ3) is 2.62. The van der Waals surface area contributed by atoms with E-state index in [2.05, 4.69) is 10.5 Å². The number of aromatic nitrogens is 1. The lowest BCUT2D eigenvalue weighted by Gasteiger charge is -2.29. The monoisotopic (exact) mass is 323 g/mol. The molecule has 2 atom stereocenters. The van der Waals surface area contributed by atoms with Crippen molar-refractivity contribution in [2.24, 2.45) is 0 Å². The number of hydrogen-bond donors (Lipinski definition) is 1. The maximum atomic E-state index is 12.4. The van der Waals surface area contributed by atoms with E-state index in [0.29, 0.717) is 30.4 Å². The van der Waals surface area contributed by atoms with E-state index in [4.69, 9.17) is 4.52 Å². The molecule has 2 amide bonds. The highest BCUT2D eigenvalue weighted by Gasteiger charge is 2.52. The summed E-state index contributed by atoms with van der Waals surface area (Å²) in [5.41, 5.74) is 0.878. The topological polar surface area (TPSA) is 75.4 Å². The van der Waals surface area contributed by atoms with Gasteiger partial charge in [0, 0.05) is 18.2 Å². The molecular formula is C15H21N3O3S. The van der Waals surface area contributed by atoms with Crippen LogP contribution in [0, 0.1) is 0 Å². The van der Waals surface area contributed by atoms with E-state index in [1.165, 1.54) is 0 Å². The first-order valence-corrected chi connectivity index (χ1v) is 8.58. The molecule has 3 heterocycles. The van der Waals surface area contributed by atoms with Gasteiger partial charge in [-0.1, -0.05) is 19.0 Å². The van der Waals surface area contributed by atoms with Gasteiger partial charge in [-0.25, -0.2) is 0 Å². The summed E-state index contributed by atoms with van der Waals surface area (Å²) >= 11 is 1.69. The predicted molar refractivity (Wildman–Crippen MR) is 83.2 cm³/mol. The Kier molecular flexibility index (Phi) is 3.92. The number of thioether (sulfide) groups is 1. The fourth-order valence-electron chi connectivity index (χ4n) is 2.99. The van der Waals surface area contributed by atoms with Gasteiger partial charge in [0.2, 0.25) is 11.8 Å². The molecule has 0 bridgehead atoms. The summed E-state index contributed by atoms with van der Waals surface area (Å²) in [6.45, 7) is 6.42. The van der Waals surface area contributed by atoms with Gasteiger partial charge in [0.1, 0.15) is 6.04 Å². The van der Waals surface area contributed by atoms with E-state index in [-0.39, 0.29) is 22.7 Å². The summed E-state index contributed by atoms with van der Waals surface area (Å²) < 4.78 is 5.22. The van der Waals surface area contributed by atoms with Crippen LogP contribution in [0.4, 0.5) is 0 Å². The molecule has 2 aliphatic rings. The van der Waals surface area contributed by atoms with Crippen LogP contribution in [0.5, 0.6) is 0 Å². The molecule has 120 valence electrons. The van der Waals surface area contributed by atoms with Crippen LogP contribution in [-0.2, 0) is 16.1 Å². The van der Waals surface area contributed by atoms with Gasteiger partial charge >= 0.3 is 0 Å². The fraction of sp³-hybridized carbons (Fsp3) is 0.667. The van der Waals surface area contributed by atoms with E-state index < -0.39 is 0 Å². The number of carbonyl (C=O) groups excluding carboxylic acids is 2.